The number of hydrogen-bond donors (Lipinski definition) is 1. The third-order valence-electron chi connectivity index (χ3n) is 2.33. The molecule has 0 aliphatic carbocycles. The zero-order valence-electron chi connectivity index (χ0n) is 9.14. The standard InChI is InChI=1S/C13H10O3S/c1-10-2-6-12(7-3-10)17(15,16)13-8-4-11(14)5-9-13/h2-4,6-8,14H,1H3. The van der Waals surface area contributed by atoms with Gasteiger partial charge in [-0.05, 0) is 43.3 Å². The minimum absolute atomic E-state index is 0.000784. The fourth-order valence-corrected chi connectivity index (χ4v) is 2.55. The highest BCUT2D eigenvalue weighted by atomic mass is 32.2. The van der Waals surface area contributed by atoms with Crippen LogP contribution in [-0.4, -0.2) is 13.5 Å². The van der Waals surface area contributed by atoms with Crippen LogP contribution in [0.2, 0.25) is 0 Å². The second-order valence-electron chi connectivity index (χ2n) is 3.65. The molecule has 2 rings (SSSR count). The van der Waals surface area contributed by atoms with Crippen LogP contribution in [-0.2, 0) is 9.84 Å². The predicted molar refractivity (Wildman–Crippen MR) is 62.4 cm³/mol. The maximum Gasteiger partial charge on any atom is 0.214 e. The Hall–Kier alpha value is -1.99. The molecule has 0 aliphatic heterocycles. The van der Waals surface area contributed by atoms with Crippen molar-refractivity contribution in [3.05, 3.63) is 54.1 Å². The predicted octanol–water partition coefficient (Wildman–Crippen LogP) is 2.13. The van der Waals surface area contributed by atoms with E-state index < -0.39 is 9.84 Å². The van der Waals surface area contributed by atoms with Crippen molar-refractivity contribution in [3.8, 4) is 5.75 Å². The third kappa shape index (κ3) is 2.24. The lowest BCUT2D eigenvalue weighted by Gasteiger charge is -2.02. The molecule has 2 aromatic carbocycles. The van der Waals surface area contributed by atoms with E-state index in [2.05, 4.69) is 12.1 Å². The highest BCUT2D eigenvalue weighted by molar-refractivity contribution is 7.91. The molecule has 0 bridgehead atoms. The molecule has 0 unspecified atom stereocenters. The van der Waals surface area contributed by atoms with E-state index in [1.54, 1.807) is 24.3 Å². The summed E-state index contributed by atoms with van der Waals surface area (Å²) in [6.07, 6.45) is 0. The van der Waals surface area contributed by atoms with E-state index in [-0.39, 0.29) is 15.5 Å². The summed E-state index contributed by atoms with van der Waals surface area (Å²) in [4.78, 5) is 0.206. The maximum absolute atomic E-state index is 12.1. The molecule has 0 aromatic heterocycles. The first-order valence-corrected chi connectivity index (χ1v) is 6.43. The SMILES string of the molecule is Cc1ccc(S(=O)(=O)c2c#cc(O)cc2)cc1. The minimum Gasteiger partial charge on any atom is -0.501 e. The van der Waals surface area contributed by atoms with Crippen LogP contribution in [0.1, 0.15) is 5.56 Å². The molecule has 2 aromatic rings. The Balaban J connectivity index is 2.50. The van der Waals surface area contributed by atoms with Crippen LogP contribution in [0, 0.1) is 19.1 Å². The average molecular weight is 246 g/mol. The number of aromatic hydroxyl groups is 1. The summed E-state index contributed by atoms with van der Waals surface area (Å²) in [6, 6.07) is 13.9. The molecule has 0 spiro atoms. The Bertz CT molecular complexity index is 559. The van der Waals surface area contributed by atoms with Crippen LogP contribution < -0.4 is 0 Å². The van der Waals surface area contributed by atoms with Gasteiger partial charge in [0, 0.05) is 0 Å². The number of benzene rings is 1. The summed E-state index contributed by atoms with van der Waals surface area (Å²) in [6.45, 7) is 1.89. The zero-order chi connectivity index (χ0) is 12.5. The number of sulfone groups is 1. The Labute approximate surface area is 100 Å². The lowest BCUT2D eigenvalue weighted by atomic mass is 10.2. The largest absolute Gasteiger partial charge is 0.501 e. The smallest absolute Gasteiger partial charge is 0.214 e. The second kappa shape index (κ2) is 4.11. The lowest BCUT2D eigenvalue weighted by Crippen LogP contribution is -2.00. The quantitative estimate of drug-likeness (QED) is 0.883. The van der Waals surface area contributed by atoms with E-state index in [1.165, 1.54) is 12.1 Å². The Kier molecular flexibility index (Phi) is 2.78. The maximum atomic E-state index is 12.1. The van der Waals surface area contributed by atoms with E-state index >= 15 is 0 Å². The van der Waals surface area contributed by atoms with Crippen LogP contribution in [0.5, 0.6) is 5.75 Å². The number of hydrogen-bond acceptors (Lipinski definition) is 3. The zero-order valence-corrected chi connectivity index (χ0v) is 9.95. The Morgan fingerprint density at radius 2 is 1.65 bits per heavy atom. The first-order valence-electron chi connectivity index (χ1n) is 4.95. The molecule has 0 fully saturated rings. The van der Waals surface area contributed by atoms with Gasteiger partial charge < -0.3 is 5.11 Å². The molecule has 4 heteroatoms. The third-order valence-corrected chi connectivity index (χ3v) is 4.04. The molecule has 0 heterocycles. The van der Waals surface area contributed by atoms with Crippen molar-refractivity contribution in [1.29, 1.82) is 0 Å². The van der Waals surface area contributed by atoms with Crippen molar-refractivity contribution >= 4 is 9.84 Å². The topological polar surface area (TPSA) is 54.4 Å². The van der Waals surface area contributed by atoms with Crippen LogP contribution in [0.15, 0.2) is 46.2 Å². The lowest BCUT2D eigenvalue weighted by molar-refractivity contribution is 0.475. The minimum atomic E-state index is -3.57. The van der Waals surface area contributed by atoms with E-state index in [4.69, 9.17) is 5.11 Å². The second-order valence-corrected chi connectivity index (χ2v) is 5.57. The van der Waals surface area contributed by atoms with Crippen molar-refractivity contribution in [2.24, 2.45) is 0 Å². The fraction of sp³-hybridized carbons (Fsp3) is 0.0769. The summed E-state index contributed by atoms with van der Waals surface area (Å²) in [7, 11) is -3.57. The van der Waals surface area contributed by atoms with Gasteiger partial charge in [0.25, 0.3) is 0 Å². The van der Waals surface area contributed by atoms with Crippen molar-refractivity contribution in [2.75, 3.05) is 0 Å². The summed E-state index contributed by atoms with van der Waals surface area (Å²) in [5.74, 6) is -0.132. The van der Waals surface area contributed by atoms with Crippen molar-refractivity contribution in [2.45, 2.75) is 16.7 Å². The van der Waals surface area contributed by atoms with Gasteiger partial charge in [-0.2, -0.15) is 0 Å². The van der Waals surface area contributed by atoms with Gasteiger partial charge in [0.2, 0.25) is 9.84 Å². The van der Waals surface area contributed by atoms with Crippen molar-refractivity contribution in [1.82, 2.24) is 0 Å². The van der Waals surface area contributed by atoms with Gasteiger partial charge in [0.05, 0.1) is 4.90 Å². The summed E-state index contributed by atoms with van der Waals surface area (Å²) in [5, 5.41) is 9.05. The van der Waals surface area contributed by atoms with E-state index in [1.807, 2.05) is 6.92 Å². The van der Waals surface area contributed by atoms with Gasteiger partial charge in [-0.1, -0.05) is 17.7 Å². The summed E-state index contributed by atoms with van der Waals surface area (Å²) in [5.41, 5.74) is 0.991. The van der Waals surface area contributed by atoms with E-state index in [0.29, 0.717) is 0 Å². The molecule has 0 aliphatic rings. The first-order chi connectivity index (χ1) is 8.00. The molecule has 86 valence electrons. The van der Waals surface area contributed by atoms with E-state index in [9.17, 15) is 8.42 Å². The van der Waals surface area contributed by atoms with Gasteiger partial charge in [0.15, 0.2) is 5.75 Å². The van der Waals surface area contributed by atoms with Crippen molar-refractivity contribution in [3.63, 3.8) is 0 Å². The molecule has 0 amide bonds. The van der Waals surface area contributed by atoms with Crippen LogP contribution >= 0.6 is 0 Å². The highest BCUT2D eigenvalue weighted by Crippen LogP contribution is 2.20. The van der Waals surface area contributed by atoms with Gasteiger partial charge in [-0.3, -0.25) is 0 Å². The number of rotatable bonds is 2. The number of aryl methyl sites for hydroxylation is 1. The van der Waals surface area contributed by atoms with Gasteiger partial charge in [-0.25, -0.2) is 8.42 Å². The molecule has 0 saturated heterocycles. The average Bonchev–Trinajstić information content (AvgIpc) is 2.30. The molecule has 3 nitrogen and oxygen atoms in total. The molecule has 17 heavy (non-hydrogen) atoms. The molecule has 0 atom stereocenters. The van der Waals surface area contributed by atoms with Gasteiger partial charge in [0.1, 0.15) is 4.90 Å². The first kappa shape index (κ1) is 11.5. The monoisotopic (exact) mass is 246 g/mol. The highest BCUT2D eigenvalue weighted by Gasteiger charge is 2.17. The van der Waals surface area contributed by atoms with E-state index in [0.717, 1.165) is 5.56 Å². The van der Waals surface area contributed by atoms with Crippen molar-refractivity contribution < 1.29 is 13.5 Å². The summed E-state index contributed by atoms with van der Waals surface area (Å²) >= 11 is 0. The normalized spacial score (nSPS) is 10.9. The molecule has 0 saturated carbocycles. The molecule has 0 radical (unpaired) electrons. The Morgan fingerprint density at radius 3 is 2.18 bits per heavy atom. The van der Waals surface area contributed by atoms with Crippen LogP contribution in [0.25, 0.3) is 0 Å². The Morgan fingerprint density at radius 1 is 1.00 bits per heavy atom. The van der Waals surface area contributed by atoms with Gasteiger partial charge in [-0.15, -0.1) is 0 Å². The van der Waals surface area contributed by atoms with Gasteiger partial charge >= 0.3 is 0 Å². The molecule has 1 N–H and O–H groups in total. The summed E-state index contributed by atoms with van der Waals surface area (Å²) < 4.78 is 24.2. The van der Waals surface area contributed by atoms with Crippen LogP contribution in [0.3, 0.4) is 0 Å². The fourth-order valence-electron chi connectivity index (χ4n) is 1.36. The van der Waals surface area contributed by atoms with Crippen LogP contribution in [0.4, 0.5) is 0 Å². The molecular formula is C13H10O3S. The molecular weight excluding hydrogens is 236 g/mol.